The summed E-state index contributed by atoms with van der Waals surface area (Å²) in [4.78, 5) is 12.9. The van der Waals surface area contributed by atoms with Crippen molar-refractivity contribution in [2.75, 3.05) is 13.2 Å². The molecule has 0 saturated carbocycles. The Kier molecular flexibility index (Phi) is 2.95. The molecule has 80 valence electrons. The minimum Gasteiger partial charge on any atom is -0.448 e. The molecule has 4 heteroatoms. The van der Waals surface area contributed by atoms with Gasteiger partial charge in [-0.3, -0.25) is 0 Å². The molecule has 1 heterocycles. The molecule has 0 aromatic heterocycles. The van der Waals surface area contributed by atoms with Crippen LogP contribution < -0.4 is 0 Å². The monoisotopic (exact) mass is 269 g/mol. The predicted octanol–water partition coefficient (Wildman–Crippen LogP) is 2.71. The zero-order valence-corrected chi connectivity index (χ0v) is 10.1. The number of hydrogen-bond acceptors (Lipinski definition) is 2. The molecule has 1 aromatic rings. The lowest BCUT2D eigenvalue weighted by Crippen LogP contribution is -2.23. The second-order valence-electron chi connectivity index (χ2n) is 3.62. The van der Waals surface area contributed by atoms with Crippen molar-refractivity contribution < 1.29 is 9.53 Å². The Bertz CT molecular complexity index is 392. The highest BCUT2D eigenvalue weighted by Gasteiger charge is 2.21. The number of amides is 1. The lowest BCUT2D eigenvalue weighted by atomic mass is 10.1. The fourth-order valence-electron chi connectivity index (χ4n) is 1.52. The van der Waals surface area contributed by atoms with E-state index in [1.54, 1.807) is 4.90 Å². The maximum absolute atomic E-state index is 11.2. The molecule has 0 N–H and O–H groups in total. The maximum atomic E-state index is 11.2. The molecule has 0 atom stereocenters. The molecule has 1 aliphatic heterocycles. The Hall–Kier alpha value is -1.03. The second-order valence-corrected chi connectivity index (χ2v) is 4.47. The minimum absolute atomic E-state index is 0.216. The summed E-state index contributed by atoms with van der Waals surface area (Å²) in [7, 11) is 0. The third kappa shape index (κ3) is 2.31. The summed E-state index contributed by atoms with van der Waals surface area (Å²) in [5.74, 6) is 0. The normalized spacial score (nSPS) is 15.6. The van der Waals surface area contributed by atoms with Crippen LogP contribution in [0.2, 0.25) is 0 Å². The molecule has 15 heavy (non-hydrogen) atoms. The molecule has 0 radical (unpaired) electrons. The first-order valence-electron chi connectivity index (χ1n) is 4.83. The van der Waals surface area contributed by atoms with Crippen molar-refractivity contribution in [2.24, 2.45) is 0 Å². The van der Waals surface area contributed by atoms with Crippen molar-refractivity contribution in [3.8, 4) is 0 Å². The van der Waals surface area contributed by atoms with E-state index >= 15 is 0 Å². The summed E-state index contributed by atoms with van der Waals surface area (Å²) in [6.07, 6.45) is -0.216. The van der Waals surface area contributed by atoms with E-state index in [2.05, 4.69) is 15.9 Å². The van der Waals surface area contributed by atoms with Crippen LogP contribution in [0.25, 0.3) is 0 Å². The van der Waals surface area contributed by atoms with Gasteiger partial charge in [-0.05, 0) is 24.1 Å². The molecule has 0 spiro atoms. The summed E-state index contributed by atoms with van der Waals surface area (Å²) in [6, 6.07) is 6.12. The largest absolute Gasteiger partial charge is 0.448 e. The number of benzene rings is 1. The second kappa shape index (κ2) is 4.23. The van der Waals surface area contributed by atoms with Gasteiger partial charge in [-0.2, -0.15) is 0 Å². The Morgan fingerprint density at radius 2 is 2.33 bits per heavy atom. The molecule has 1 aromatic carbocycles. The van der Waals surface area contributed by atoms with Gasteiger partial charge in [0.1, 0.15) is 6.61 Å². The van der Waals surface area contributed by atoms with Crippen LogP contribution in [0, 0.1) is 6.92 Å². The summed E-state index contributed by atoms with van der Waals surface area (Å²) >= 11 is 3.48. The molecule has 1 fully saturated rings. The number of ether oxygens (including phenoxy) is 1. The van der Waals surface area contributed by atoms with Gasteiger partial charge in [-0.1, -0.05) is 28.1 Å². The van der Waals surface area contributed by atoms with Crippen LogP contribution in [-0.4, -0.2) is 24.1 Å². The van der Waals surface area contributed by atoms with E-state index in [9.17, 15) is 4.79 Å². The van der Waals surface area contributed by atoms with E-state index in [4.69, 9.17) is 4.74 Å². The first kappa shape index (κ1) is 10.5. The van der Waals surface area contributed by atoms with Crippen LogP contribution in [0.5, 0.6) is 0 Å². The van der Waals surface area contributed by atoms with Gasteiger partial charge in [-0.25, -0.2) is 4.79 Å². The SMILES string of the molecule is Cc1ccc(CN2CCOC2=O)cc1Br. The van der Waals surface area contributed by atoms with Gasteiger partial charge in [0.2, 0.25) is 0 Å². The number of nitrogens with zero attached hydrogens (tertiary/aromatic N) is 1. The van der Waals surface area contributed by atoms with Gasteiger partial charge in [0.15, 0.2) is 0 Å². The number of carbonyl (C=O) groups excluding carboxylic acids is 1. The first-order valence-corrected chi connectivity index (χ1v) is 5.63. The number of halogens is 1. The van der Waals surface area contributed by atoms with Crippen molar-refractivity contribution >= 4 is 22.0 Å². The fraction of sp³-hybridized carbons (Fsp3) is 0.364. The van der Waals surface area contributed by atoms with E-state index in [1.807, 2.05) is 25.1 Å². The highest BCUT2D eigenvalue weighted by atomic mass is 79.9. The highest BCUT2D eigenvalue weighted by molar-refractivity contribution is 9.10. The van der Waals surface area contributed by atoms with Crippen LogP contribution in [0.1, 0.15) is 11.1 Å². The zero-order chi connectivity index (χ0) is 10.8. The predicted molar refractivity (Wildman–Crippen MR) is 60.6 cm³/mol. The molecule has 1 aliphatic rings. The summed E-state index contributed by atoms with van der Waals surface area (Å²) in [6.45, 7) is 3.85. The molecule has 1 amide bonds. The zero-order valence-electron chi connectivity index (χ0n) is 8.50. The fourth-order valence-corrected chi connectivity index (χ4v) is 1.95. The standard InChI is InChI=1S/C11H12BrNO2/c1-8-2-3-9(6-10(8)12)7-13-4-5-15-11(13)14/h2-3,6H,4-5,7H2,1H3. The average Bonchev–Trinajstić information content (AvgIpc) is 2.59. The van der Waals surface area contributed by atoms with Crippen LogP contribution in [-0.2, 0) is 11.3 Å². The summed E-state index contributed by atoms with van der Waals surface area (Å²) < 4.78 is 5.94. The quantitative estimate of drug-likeness (QED) is 0.826. The molecule has 1 saturated heterocycles. The summed E-state index contributed by atoms with van der Waals surface area (Å²) in [5.41, 5.74) is 2.31. The van der Waals surface area contributed by atoms with E-state index < -0.39 is 0 Å². The lowest BCUT2D eigenvalue weighted by molar-refractivity contribution is 0.157. The van der Waals surface area contributed by atoms with Crippen molar-refractivity contribution in [3.63, 3.8) is 0 Å². The van der Waals surface area contributed by atoms with Crippen molar-refractivity contribution in [1.29, 1.82) is 0 Å². The first-order chi connectivity index (χ1) is 7.16. The number of hydrogen-bond donors (Lipinski definition) is 0. The number of aryl methyl sites for hydroxylation is 1. The van der Waals surface area contributed by atoms with Gasteiger partial charge < -0.3 is 9.64 Å². The Morgan fingerprint density at radius 3 is 2.93 bits per heavy atom. The maximum Gasteiger partial charge on any atom is 0.410 e. The third-order valence-corrected chi connectivity index (χ3v) is 3.31. The summed E-state index contributed by atoms with van der Waals surface area (Å²) in [5, 5.41) is 0. The Labute approximate surface area is 97.2 Å². The Morgan fingerprint density at radius 1 is 1.53 bits per heavy atom. The van der Waals surface area contributed by atoms with Gasteiger partial charge in [-0.15, -0.1) is 0 Å². The van der Waals surface area contributed by atoms with Gasteiger partial charge >= 0.3 is 6.09 Å². The number of rotatable bonds is 2. The van der Waals surface area contributed by atoms with Crippen molar-refractivity contribution in [2.45, 2.75) is 13.5 Å². The smallest absolute Gasteiger partial charge is 0.410 e. The third-order valence-electron chi connectivity index (χ3n) is 2.45. The average molecular weight is 270 g/mol. The molecule has 2 rings (SSSR count). The topological polar surface area (TPSA) is 29.5 Å². The van der Waals surface area contributed by atoms with Crippen LogP contribution in [0.4, 0.5) is 4.79 Å². The van der Waals surface area contributed by atoms with Crippen molar-refractivity contribution in [3.05, 3.63) is 33.8 Å². The van der Waals surface area contributed by atoms with E-state index in [0.717, 1.165) is 10.0 Å². The van der Waals surface area contributed by atoms with Crippen LogP contribution in [0.3, 0.4) is 0 Å². The van der Waals surface area contributed by atoms with Gasteiger partial charge in [0.05, 0.1) is 6.54 Å². The minimum atomic E-state index is -0.216. The van der Waals surface area contributed by atoms with Gasteiger partial charge in [0, 0.05) is 11.0 Å². The molecule has 0 unspecified atom stereocenters. The number of carbonyl (C=O) groups is 1. The highest BCUT2D eigenvalue weighted by Crippen LogP contribution is 2.19. The van der Waals surface area contributed by atoms with E-state index in [1.165, 1.54) is 5.56 Å². The van der Waals surface area contributed by atoms with Gasteiger partial charge in [0.25, 0.3) is 0 Å². The molecule has 3 nitrogen and oxygen atoms in total. The van der Waals surface area contributed by atoms with Crippen LogP contribution >= 0.6 is 15.9 Å². The van der Waals surface area contributed by atoms with Crippen LogP contribution in [0.15, 0.2) is 22.7 Å². The Balaban J connectivity index is 2.10. The molecular weight excluding hydrogens is 258 g/mol. The van der Waals surface area contributed by atoms with E-state index in [-0.39, 0.29) is 6.09 Å². The van der Waals surface area contributed by atoms with E-state index in [0.29, 0.717) is 19.7 Å². The lowest BCUT2D eigenvalue weighted by Gasteiger charge is -2.13. The molecule has 0 bridgehead atoms. The van der Waals surface area contributed by atoms with Crippen molar-refractivity contribution in [1.82, 2.24) is 4.90 Å². The molecular formula is C11H12BrNO2. The molecule has 0 aliphatic carbocycles. The number of cyclic esters (lactones) is 1.